The molecule has 6 aromatic rings. The van der Waals surface area contributed by atoms with Crippen molar-refractivity contribution < 1.29 is 4.42 Å². The van der Waals surface area contributed by atoms with Gasteiger partial charge in [-0.1, -0.05) is 65.0 Å². The summed E-state index contributed by atoms with van der Waals surface area (Å²) in [5, 5.41) is 3.92. The van der Waals surface area contributed by atoms with Crippen molar-refractivity contribution in [3.05, 3.63) is 89.0 Å². The lowest BCUT2D eigenvalue weighted by atomic mass is 9.82. The molecule has 0 aliphatic heterocycles. The molecule has 6 rings (SSSR count). The van der Waals surface area contributed by atoms with Gasteiger partial charge >= 0.3 is 0 Å². The topological polar surface area (TPSA) is 26.0 Å². The average Bonchev–Trinajstić information content (AvgIpc) is 3.46. The van der Waals surface area contributed by atoms with Crippen molar-refractivity contribution in [3.63, 3.8) is 0 Å². The number of nitrogens with zero attached hydrogens (tertiary/aromatic N) is 1. The molecule has 2 nitrogen and oxygen atoms in total. The minimum atomic E-state index is 0.0207. The first-order valence-corrected chi connectivity index (χ1v) is 13.9. The number of furan rings is 1. The van der Waals surface area contributed by atoms with Crippen molar-refractivity contribution >= 4 is 43.3 Å². The van der Waals surface area contributed by atoms with Crippen LogP contribution in [0.1, 0.15) is 50.6 Å². The molecule has 3 heteroatoms. The molecule has 3 aromatic heterocycles. The van der Waals surface area contributed by atoms with E-state index in [0.29, 0.717) is 5.92 Å². The van der Waals surface area contributed by atoms with E-state index in [9.17, 15) is 0 Å². The number of hydrogen-bond acceptors (Lipinski definition) is 3. The van der Waals surface area contributed by atoms with Crippen LogP contribution in [0.15, 0.2) is 77.4 Å². The van der Waals surface area contributed by atoms with Gasteiger partial charge in [0.25, 0.3) is 0 Å². The van der Waals surface area contributed by atoms with Crippen LogP contribution in [-0.2, 0) is 11.8 Å². The molecule has 0 aliphatic rings. The highest BCUT2D eigenvalue weighted by atomic mass is 32.1. The van der Waals surface area contributed by atoms with Gasteiger partial charge in [-0.3, -0.25) is 0 Å². The zero-order chi connectivity index (χ0) is 25.9. The third-order valence-electron chi connectivity index (χ3n) is 7.29. The molecule has 0 saturated heterocycles. The fourth-order valence-electron chi connectivity index (χ4n) is 5.50. The molecule has 3 heterocycles. The highest BCUT2D eigenvalue weighted by Crippen LogP contribution is 2.40. The zero-order valence-corrected chi connectivity index (χ0v) is 23.3. The Morgan fingerprint density at radius 1 is 0.892 bits per heavy atom. The van der Waals surface area contributed by atoms with E-state index in [-0.39, 0.29) is 5.41 Å². The fraction of sp³-hybridized carbons (Fsp3) is 0.265. The van der Waals surface area contributed by atoms with Gasteiger partial charge in [0.2, 0.25) is 0 Å². The van der Waals surface area contributed by atoms with E-state index in [1.54, 1.807) is 6.26 Å². The van der Waals surface area contributed by atoms with Crippen LogP contribution < -0.4 is 0 Å². The Morgan fingerprint density at radius 2 is 1.70 bits per heavy atom. The van der Waals surface area contributed by atoms with E-state index in [1.807, 2.05) is 17.4 Å². The van der Waals surface area contributed by atoms with Crippen molar-refractivity contribution in [1.82, 2.24) is 4.98 Å². The molecule has 0 spiro atoms. The van der Waals surface area contributed by atoms with E-state index >= 15 is 0 Å². The quantitative estimate of drug-likeness (QED) is 0.239. The Balaban J connectivity index is 1.58. The first-order valence-electron chi connectivity index (χ1n) is 13.1. The molecule has 0 bridgehead atoms. The Morgan fingerprint density at radius 3 is 2.49 bits per heavy atom. The van der Waals surface area contributed by atoms with Crippen LogP contribution in [0.3, 0.4) is 0 Å². The molecule has 0 N–H and O–H groups in total. The van der Waals surface area contributed by atoms with Crippen LogP contribution >= 0.6 is 11.3 Å². The third kappa shape index (κ3) is 4.26. The fourth-order valence-corrected chi connectivity index (χ4v) is 6.57. The molecule has 0 fully saturated rings. The standard InChI is InChI=1S/C34H33NOS/c1-20(2)15-26-21(3)37-32-12-11-23(17-28(26)32)27-19-31(35-30-13-14-36-33(27)30)24-16-22-9-7-8-10-25(22)29(18-24)34(4,5)6/h7-14,16-20H,15H2,1-6H3. The number of thiophene rings is 1. The molecule has 0 radical (unpaired) electrons. The van der Waals surface area contributed by atoms with Crippen molar-refractivity contribution in [2.24, 2.45) is 5.92 Å². The Labute approximate surface area is 223 Å². The number of aryl methyl sites for hydroxylation is 1. The lowest BCUT2D eigenvalue weighted by Gasteiger charge is -2.23. The summed E-state index contributed by atoms with van der Waals surface area (Å²) >= 11 is 1.90. The van der Waals surface area contributed by atoms with Gasteiger partial charge in [0, 0.05) is 26.8 Å². The molecule has 37 heavy (non-hydrogen) atoms. The van der Waals surface area contributed by atoms with Crippen LogP contribution in [0.4, 0.5) is 0 Å². The van der Waals surface area contributed by atoms with E-state index in [1.165, 1.54) is 42.4 Å². The summed E-state index contributed by atoms with van der Waals surface area (Å²) < 4.78 is 7.35. The minimum absolute atomic E-state index is 0.0207. The van der Waals surface area contributed by atoms with Crippen molar-refractivity contribution in [3.8, 4) is 22.4 Å². The predicted molar refractivity (Wildman–Crippen MR) is 160 cm³/mol. The van der Waals surface area contributed by atoms with Crippen LogP contribution in [0.25, 0.3) is 54.3 Å². The molecule has 186 valence electrons. The molecule has 0 aliphatic carbocycles. The summed E-state index contributed by atoms with van der Waals surface area (Å²) in [7, 11) is 0. The van der Waals surface area contributed by atoms with E-state index in [4.69, 9.17) is 9.40 Å². The maximum atomic E-state index is 5.99. The lowest BCUT2D eigenvalue weighted by Crippen LogP contribution is -2.12. The molecule has 0 atom stereocenters. The second-order valence-corrected chi connectivity index (χ2v) is 12.9. The van der Waals surface area contributed by atoms with E-state index in [0.717, 1.165) is 34.3 Å². The number of benzene rings is 3. The monoisotopic (exact) mass is 503 g/mol. The van der Waals surface area contributed by atoms with Gasteiger partial charge in [0.15, 0.2) is 5.58 Å². The van der Waals surface area contributed by atoms with Gasteiger partial charge in [-0.25, -0.2) is 4.98 Å². The molecule has 0 amide bonds. The van der Waals surface area contributed by atoms with Crippen LogP contribution in [0.2, 0.25) is 0 Å². The van der Waals surface area contributed by atoms with Crippen molar-refractivity contribution in [1.29, 1.82) is 0 Å². The number of hydrogen-bond donors (Lipinski definition) is 0. The maximum Gasteiger partial charge on any atom is 0.160 e. The second-order valence-electron chi connectivity index (χ2n) is 11.6. The van der Waals surface area contributed by atoms with Crippen LogP contribution in [0.5, 0.6) is 0 Å². The first-order chi connectivity index (χ1) is 17.7. The Hall–Kier alpha value is -3.43. The van der Waals surface area contributed by atoms with Crippen LogP contribution in [-0.4, -0.2) is 4.98 Å². The summed E-state index contributed by atoms with van der Waals surface area (Å²) in [6.45, 7) is 13.7. The summed E-state index contributed by atoms with van der Waals surface area (Å²) in [5.41, 5.74) is 8.96. The van der Waals surface area contributed by atoms with Gasteiger partial charge in [-0.2, -0.15) is 0 Å². The van der Waals surface area contributed by atoms with Gasteiger partial charge in [0.05, 0.1) is 12.0 Å². The Bertz CT molecular complexity index is 1780. The number of fused-ring (bicyclic) bond motifs is 3. The van der Waals surface area contributed by atoms with Gasteiger partial charge in [0.1, 0.15) is 5.52 Å². The summed E-state index contributed by atoms with van der Waals surface area (Å²) in [5.74, 6) is 0.620. The third-order valence-corrected chi connectivity index (χ3v) is 8.42. The molecule has 0 saturated carbocycles. The van der Waals surface area contributed by atoms with Gasteiger partial charge in [-0.05, 0) is 87.9 Å². The maximum absolute atomic E-state index is 5.99. The number of pyridine rings is 1. The number of rotatable bonds is 4. The largest absolute Gasteiger partial charge is 0.462 e. The SMILES string of the molecule is Cc1sc2ccc(-c3cc(-c4cc(C(C)(C)C)c5ccccc5c4)nc4ccoc34)cc2c1CC(C)C. The lowest BCUT2D eigenvalue weighted by molar-refractivity contribution is 0.596. The van der Waals surface area contributed by atoms with E-state index in [2.05, 4.69) is 102 Å². The predicted octanol–water partition coefficient (Wildman–Crippen LogP) is 10.3. The van der Waals surface area contributed by atoms with E-state index < -0.39 is 0 Å². The summed E-state index contributed by atoms with van der Waals surface area (Å²) in [6, 6.07) is 24.3. The zero-order valence-electron chi connectivity index (χ0n) is 22.5. The molecule has 0 unspecified atom stereocenters. The van der Waals surface area contributed by atoms with Crippen molar-refractivity contribution in [2.75, 3.05) is 0 Å². The minimum Gasteiger partial charge on any atom is -0.462 e. The molecular weight excluding hydrogens is 470 g/mol. The number of aromatic nitrogens is 1. The highest BCUT2D eigenvalue weighted by Gasteiger charge is 2.20. The smallest absolute Gasteiger partial charge is 0.160 e. The second kappa shape index (κ2) is 8.85. The molecular formula is C34H33NOS. The first kappa shape index (κ1) is 23.9. The summed E-state index contributed by atoms with van der Waals surface area (Å²) in [4.78, 5) is 6.47. The normalized spacial score (nSPS) is 12.4. The van der Waals surface area contributed by atoms with Crippen LogP contribution in [0, 0.1) is 12.8 Å². The molecule has 3 aromatic carbocycles. The highest BCUT2D eigenvalue weighted by molar-refractivity contribution is 7.19. The van der Waals surface area contributed by atoms with Crippen molar-refractivity contribution in [2.45, 2.75) is 53.4 Å². The average molecular weight is 504 g/mol. The van der Waals surface area contributed by atoms with Gasteiger partial charge < -0.3 is 4.42 Å². The Kier molecular flexibility index (Phi) is 5.72. The summed E-state index contributed by atoms with van der Waals surface area (Å²) in [6.07, 6.45) is 2.85. The van der Waals surface area contributed by atoms with Gasteiger partial charge in [-0.15, -0.1) is 11.3 Å².